The molecule has 0 spiro atoms. The van der Waals surface area contributed by atoms with Gasteiger partial charge < -0.3 is 10.2 Å². The highest BCUT2D eigenvalue weighted by atomic mass is 19.4. The number of carbonyl (C=O) groups excluding carboxylic acids is 1. The van der Waals surface area contributed by atoms with Gasteiger partial charge in [-0.2, -0.15) is 13.2 Å². The van der Waals surface area contributed by atoms with Crippen molar-refractivity contribution >= 4 is 22.5 Å². The summed E-state index contributed by atoms with van der Waals surface area (Å²) < 4.78 is 39.5. The van der Waals surface area contributed by atoms with Gasteiger partial charge in [0.2, 0.25) is 5.91 Å². The van der Waals surface area contributed by atoms with Crippen LogP contribution in [0.2, 0.25) is 0 Å². The van der Waals surface area contributed by atoms with Crippen molar-refractivity contribution in [3.63, 3.8) is 0 Å². The van der Waals surface area contributed by atoms with Crippen molar-refractivity contribution in [1.29, 1.82) is 0 Å². The average molecular weight is 321 g/mol. The second-order valence-electron chi connectivity index (χ2n) is 6.07. The van der Waals surface area contributed by atoms with E-state index in [-0.39, 0.29) is 23.4 Å². The molecule has 2 aromatic rings. The number of aromatic nitrogens is 1. The van der Waals surface area contributed by atoms with Gasteiger partial charge in [-0.25, -0.2) is 0 Å². The van der Waals surface area contributed by atoms with Crippen molar-refractivity contribution in [3.8, 4) is 0 Å². The Morgan fingerprint density at radius 2 is 2.04 bits per heavy atom. The van der Waals surface area contributed by atoms with Crippen LogP contribution >= 0.6 is 0 Å². The highest BCUT2D eigenvalue weighted by Gasteiger charge is 2.40. The molecule has 4 nitrogen and oxygen atoms in total. The Labute approximate surface area is 130 Å². The molecule has 2 fully saturated rings. The van der Waals surface area contributed by atoms with Crippen LogP contribution in [0.5, 0.6) is 0 Å². The lowest BCUT2D eigenvalue weighted by atomic mass is 10.1. The molecule has 0 radical (unpaired) electrons. The van der Waals surface area contributed by atoms with Gasteiger partial charge in [0, 0.05) is 42.7 Å². The molecule has 2 aliphatic heterocycles. The number of para-hydroxylation sites is 1. The minimum Gasteiger partial charge on any atom is -0.368 e. The number of halogens is 3. The molecule has 2 atom stereocenters. The first kappa shape index (κ1) is 14.3. The van der Waals surface area contributed by atoms with Gasteiger partial charge in [0.25, 0.3) is 0 Å². The topological polar surface area (TPSA) is 45.2 Å². The number of nitrogens with zero attached hydrogens (tertiary/aromatic N) is 2. The van der Waals surface area contributed by atoms with E-state index >= 15 is 0 Å². The molecule has 1 aromatic carbocycles. The molecule has 3 heterocycles. The molecular formula is C16H14F3N3O. The predicted molar refractivity (Wildman–Crippen MR) is 79.0 cm³/mol. The van der Waals surface area contributed by atoms with Crippen LogP contribution in [0.4, 0.5) is 18.9 Å². The summed E-state index contributed by atoms with van der Waals surface area (Å²) in [4.78, 5) is 17.4. The normalized spacial score (nSPS) is 24.1. The summed E-state index contributed by atoms with van der Waals surface area (Å²) in [6.45, 7) is 1.28. The molecule has 2 aliphatic rings. The SMILES string of the molecule is O=C1C[C@H]2CN(c3ccnc4c(C(F)(F)F)cccc34)C[C@H]2N1. The second kappa shape index (κ2) is 4.84. The maximum Gasteiger partial charge on any atom is 0.418 e. The molecule has 23 heavy (non-hydrogen) atoms. The summed E-state index contributed by atoms with van der Waals surface area (Å²) in [5.74, 6) is 0.273. The van der Waals surface area contributed by atoms with Crippen LogP contribution in [0.1, 0.15) is 12.0 Å². The van der Waals surface area contributed by atoms with Crippen LogP contribution in [0.25, 0.3) is 10.9 Å². The molecule has 2 saturated heterocycles. The largest absolute Gasteiger partial charge is 0.418 e. The maximum atomic E-state index is 13.2. The Morgan fingerprint density at radius 3 is 2.78 bits per heavy atom. The smallest absolute Gasteiger partial charge is 0.368 e. The van der Waals surface area contributed by atoms with Crippen molar-refractivity contribution in [2.75, 3.05) is 18.0 Å². The monoisotopic (exact) mass is 321 g/mol. The van der Waals surface area contributed by atoms with Gasteiger partial charge in [0.15, 0.2) is 0 Å². The summed E-state index contributed by atoms with van der Waals surface area (Å²) in [6.07, 6.45) is -2.53. The zero-order valence-corrected chi connectivity index (χ0v) is 12.1. The van der Waals surface area contributed by atoms with Gasteiger partial charge in [-0.1, -0.05) is 12.1 Å². The lowest BCUT2D eigenvalue weighted by molar-refractivity contribution is -0.136. The van der Waals surface area contributed by atoms with Crippen LogP contribution in [-0.2, 0) is 11.0 Å². The minimum absolute atomic E-state index is 0.0291. The van der Waals surface area contributed by atoms with Gasteiger partial charge >= 0.3 is 6.18 Å². The van der Waals surface area contributed by atoms with Gasteiger partial charge in [-0.05, 0) is 12.1 Å². The van der Waals surface area contributed by atoms with E-state index in [1.807, 2.05) is 4.90 Å². The Balaban J connectivity index is 1.76. The zero-order chi connectivity index (χ0) is 16.2. The fourth-order valence-electron chi connectivity index (χ4n) is 3.61. The number of pyridine rings is 1. The number of carbonyl (C=O) groups is 1. The first-order valence-electron chi connectivity index (χ1n) is 7.43. The lowest BCUT2D eigenvalue weighted by Gasteiger charge is -2.22. The number of amides is 1. The molecule has 0 saturated carbocycles. The molecule has 1 amide bonds. The number of fused-ring (bicyclic) bond motifs is 2. The van der Waals surface area contributed by atoms with Crippen LogP contribution in [0.15, 0.2) is 30.5 Å². The quantitative estimate of drug-likeness (QED) is 0.878. The van der Waals surface area contributed by atoms with Gasteiger partial charge in [0.05, 0.1) is 17.1 Å². The fourth-order valence-corrected chi connectivity index (χ4v) is 3.61. The highest BCUT2D eigenvalue weighted by molar-refractivity contribution is 5.94. The van der Waals surface area contributed by atoms with E-state index in [1.54, 1.807) is 12.1 Å². The van der Waals surface area contributed by atoms with Gasteiger partial charge in [-0.15, -0.1) is 0 Å². The first-order chi connectivity index (χ1) is 10.9. The van der Waals surface area contributed by atoms with E-state index in [2.05, 4.69) is 10.3 Å². The van der Waals surface area contributed by atoms with E-state index in [0.29, 0.717) is 24.9 Å². The molecule has 0 aliphatic carbocycles. The Morgan fingerprint density at radius 1 is 1.22 bits per heavy atom. The number of nitrogens with one attached hydrogen (secondary N) is 1. The Hall–Kier alpha value is -2.31. The number of anilines is 1. The maximum absolute atomic E-state index is 13.2. The summed E-state index contributed by atoms with van der Waals surface area (Å²) in [7, 11) is 0. The summed E-state index contributed by atoms with van der Waals surface area (Å²) in [5, 5.41) is 3.42. The molecule has 1 N–H and O–H groups in total. The molecular weight excluding hydrogens is 307 g/mol. The van der Waals surface area contributed by atoms with Crippen LogP contribution in [0.3, 0.4) is 0 Å². The summed E-state index contributed by atoms with van der Waals surface area (Å²) >= 11 is 0. The van der Waals surface area contributed by atoms with Crippen LogP contribution in [-0.4, -0.2) is 30.0 Å². The van der Waals surface area contributed by atoms with E-state index < -0.39 is 11.7 Å². The molecule has 0 bridgehead atoms. The van der Waals surface area contributed by atoms with Gasteiger partial charge in [-0.3, -0.25) is 9.78 Å². The van der Waals surface area contributed by atoms with Crippen molar-refractivity contribution in [2.45, 2.75) is 18.6 Å². The predicted octanol–water partition coefficient (Wildman–Crippen LogP) is 2.58. The molecule has 4 rings (SSSR count). The Bertz CT molecular complexity index is 774. The third-order valence-corrected chi connectivity index (χ3v) is 4.63. The van der Waals surface area contributed by atoms with Gasteiger partial charge in [0.1, 0.15) is 0 Å². The summed E-state index contributed by atoms with van der Waals surface area (Å²) in [6, 6.07) is 5.95. The second-order valence-corrected chi connectivity index (χ2v) is 6.07. The lowest BCUT2D eigenvalue weighted by Crippen LogP contribution is -2.32. The molecule has 0 unspecified atom stereocenters. The van der Waals surface area contributed by atoms with Crippen molar-refractivity contribution in [1.82, 2.24) is 10.3 Å². The minimum atomic E-state index is -4.43. The fraction of sp³-hybridized carbons (Fsp3) is 0.375. The first-order valence-corrected chi connectivity index (χ1v) is 7.43. The Kier molecular flexibility index (Phi) is 3.01. The van der Waals surface area contributed by atoms with Crippen molar-refractivity contribution in [3.05, 3.63) is 36.0 Å². The highest BCUT2D eigenvalue weighted by Crippen LogP contribution is 2.38. The van der Waals surface area contributed by atoms with Crippen molar-refractivity contribution < 1.29 is 18.0 Å². The summed E-state index contributed by atoms with van der Waals surface area (Å²) in [5.41, 5.74) is -0.00659. The molecule has 7 heteroatoms. The third-order valence-electron chi connectivity index (χ3n) is 4.63. The molecule has 120 valence electrons. The number of hydrogen-bond acceptors (Lipinski definition) is 3. The van der Waals surface area contributed by atoms with E-state index in [9.17, 15) is 18.0 Å². The third kappa shape index (κ3) is 2.31. The number of hydrogen-bond donors (Lipinski definition) is 1. The standard InChI is InChI=1S/C16H14F3N3O/c17-16(18,19)11-3-1-2-10-13(4-5-20-15(10)11)22-7-9-6-14(23)21-12(9)8-22/h1-5,9,12H,6-8H2,(H,21,23)/t9-,12+/m0/s1. The van der Waals surface area contributed by atoms with E-state index in [4.69, 9.17) is 0 Å². The zero-order valence-electron chi connectivity index (χ0n) is 12.1. The number of rotatable bonds is 1. The molecule has 1 aromatic heterocycles. The van der Waals surface area contributed by atoms with E-state index in [1.165, 1.54) is 12.3 Å². The van der Waals surface area contributed by atoms with Crippen LogP contribution < -0.4 is 10.2 Å². The number of benzene rings is 1. The van der Waals surface area contributed by atoms with E-state index in [0.717, 1.165) is 11.8 Å². The van der Waals surface area contributed by atoms with Crippen molar-refractivity contribution in [2.24, 2.45) is 5.92 Å². The van der Waals surface area contributed by atoms with Crippen LogP contribution in [0, 0.1) is 5.92 Å². The average Bonchev–Trinajstić information content (AvgIpc) is 3.02. The number of alkyl halides is 3.